The zero-order valence-electron chi connectivity index (χ0n) is 37.6. The molecule has 1 aromatic rings. The van der Waals surface area contributed by atoms with Gasteiger partial charge in [-0.15, -0.1) is 0 Å². The Morgan fingerprint density at radius 3 is 1.97 bits per heavy atom. The third-order valence-corrected chi connectivity index (χ3v) is 11.4. The number of nitrogens with one attached hydrogen (secondary N) is 3. The molecule has 5 amide bonds. The molecule has 0 saturated carbocycles. The number of aromatic hydroxyl groups is 1. The van der Waals surface area contributed by atoms with Gasteiger partial charge in [0.2, 0.25) is 23.6 Å². The van der Waals surface area contributed by atoms with Crippen LogP contribution in [0.15, 0.2) is 35.9 Å². The number of carbonyl (C=O) groups is 7. The standard InChI is InChI=1S/C44H70N6O10/c1-13-25(5)37-40(54)47-30(10)44(58)60-38(26(6)14-2)28(8)33(45)20-15-27(7)43(57)59-35(21-24(3)4)39(53)46-29(9)41(55)50(12)34(22-31-16-18-32(51)19-17-31)42(56)49(11)23-36(52)48-37/h15-19,24-26,28-30,33-35,37-38,51H,13-14,20-23,45H2,1-12H3,(H,46,53)(H,47,54)(H,48,52)/b27-15+/t25?,26-,28-,29-,30+,33-,34+,35+,37?,38+/m0/s1. The minimum atomic E-state index is -1.25. The van der Waals surface area contributed by atoms with Gasteiger partial charge in [0, 0.05) is 38.0 Å². The van der Waals surface area contributed by atoms with Gasteiger partial charge in [-0.1, -0.05) is 79.5 Å². The van der Waals surface area contributed by atoms with Crippen molar-refractivity contribution in [1.82, 2.24) is 25.8 Å². The number of phenols is 1. The number of cyclic esters (lactones) is 2. The lowest BCUT2D eigenvalue weighted by Gasteiger charge is -2.34. The second kappa shape index (κ2) is 23.7. The number of esters is 2. The van der Waals surface area contributed by atoms with E-state index in [0.29, 0.717) is 18.4 Å². The highest BCUT2D eigenvalue weighted by atomic mass is 16.6. The monoisotopic (exact) mass is 843 g/mol. The fourth-order valence-electron chi connectivity index (χ4n) is 6.83. The number of amides is 5. The second-order valence-electron chi connectivity index (χ2n) is 16.9. The summed E-state index contributed by atoms with van der Waals surface area (Å²) >= 11 is 0. The molecule has 0 aliphatic carbocycles. The van der Waals surface area contributed by atoms with Crippen LogP contribution < -0.4 is 21.7 Å². The maximum atomic E-state index is 14.2. The quantitative estimate of drug-likeness (QED) is 0.239. The third kappa shape index (κ3) is 14.9. The normalized spacial score (nSPS) is 28.8. The van der Waals surface area contributed by atoms with Crippen molar-refractivity contribution >= 4 is 41.5 Å². The highest BCUT2D eigenvalue weighted by Gasteiger charge is 2.37. The number of nitrogens with zero attached hydrogens (tertiary/aromatic N) is 2. The molecule has 0 saturated heterocycles. The zero-order valence-corrected chi connectivity index (χ0v) is 37.6. The third-order valence-electron chi connectivity index (χ3n) is 11.4. The van der Waals surface area contributed by atoms with Crippen LogP contribution in [0.4, 0.5) is 0 Å². The Labute approximate surface area is 355 Å². The maximum Gasteiger partial charge on any atom is 0.334 e. The van der Waals surface area contributed by atoms with Crippen molar-refractivity contribution in [1.29, 1.82) is 0 Å². The number of phenolic OH excluding ortho intramolecular Hbond substituents is 1. The minimum Gasteiger partial charge on any atom is -0.508 e. The fraction of sp³-hybridized carbons (Fsp3) is 0.659. The Hall–Kier alpha value is -4.99. The molecule has 1 aliphatic heterocycles. The molecule has 16 nitrogen and oxygen atoms in total. The lowest BCUT2D eigenvalue weighted by atomic mass is 9.85. The molecule has 0 radical (unpaired) electrons. The first-order valence-corrected chi connectivity index (χ1v) is 21.1. The van der Waals surface area contributed by atoms with Crippen LogP contribution in [0.25, 0.3) is 0 Å². The van der Waals surface area contributed by atoms with E-state index in [0.717, 1.165) is 4.90 Å². The SMILES string of the molecule is CCC(C)C1NC(=O)CN(C)C(=O)[C@@H](Cc2ccc(O)cc2)N(C)C(=O)[C@H](C)NC(=O)[C@@H](CC(C)C)OC(=O)/C(C)=C/C[C@H](N)[C@H](C)[C@@H]([C@@H](C)CC)OC(=O)[C@@H](C)NC1=O. The first-order chi connectivity index (χ1) is 28.0. The van der Waals surface area contributed by atoms with Crippen molar-refractivity contribution in [2.75, 3.05) is 20.6 Å². The number of carbonyl (C=O) groups excluding carboxylic acids is 7. The number of hydrogen-bond donors (Lipinski definition) is 5. The lowest BCUT2D eigenvalue weighted by Crippen LogP contribution is -2.57. The minimum absolute atomic E-state index is 0.00128. The van der Waals surface area contributed by atoms with E-state index in [9.17, 15) is 38.7 Å². The molecule has 2 rings (SSSR count). The number of benzene rings is 1. The van der Waals surface area contributed by atoms with Crippen LogP contribution in [0.3, 0.4) is 0 Å². The molecule has 0 fully saturated rings. The summed E-state index contributed by atoms with van der Waals surface area (Å²) in [5.41, 5.74) is 7.43. The van der Waals surface area contributed by atoms with Gasteiger partial charge in [-0.25, -0.2) is 9.59 Å². The molecule has 1 aromatic carbocycles. The van der Waals surface area contributed by atoms with Crippen molar-refractivity contribution < 1.29 is 48.1 Å². The molecule has 0 bridgehead atoms. The van der Waals surface area contributed by atoms with Crippen LogP contribution in [0, 0.1) is 23.7 Å². The van der Waals surface area contributed by atoms with Crippen molar-refractivity contribution in [3.05, 3.63) is 41.5 Å². The Morgan fingerprint density at radius 1 is 0.817 bits per heavy atom. The van der Waals surface area contributed by atoms with Gasteiger partial charge in [0.25, 0.3) is 5.91 Å². The number of nitrogens with two attached hydrogens (primary N) is 1. The molecule has 336 valence electrons. The summed E-state index contributed by atoms with van der Waals surface area (Å²) in [7, 11) is 2.80. The van der Waals surface area contributed by atoms with Crippen molar-refractivity contribution in [2.45, 2.75) is 144 Å². The van der Waals surface area contributed by atoms with Gasteiger partial charge in [0.05, 0.1) is 6.54 Å². The van der Waals surface area contributed by atoms with Gasteiger partial charge in [-0.3, -0.25) is 24.0 Å². The van der Waals surface area contributed by atoms with Gasteiger partial charge in [0.15, 0.2) is 6.10 Å². The van der Waals surface area contributed by atoms with Crippen molar-refractivity contribution in [3.8, 4) is 5.75 Å². The van der Waals surface area contributed by atoms with E-state index in [1.807, 2.05) is 41.5 Å². The summed E-state index contributed by atoms with van der Waals surface area (Å²) in [5.74, 6) is -5.59. The molecule has 10 atom stereocenters. The fourth-order valence-corrected chi connectivity index (χ4v) is 6.83. The molecule has 60 heavy (non-hydrogen) atoms. The average molecular weight is 843 g/mol. The molecule has 0 aromatic heterocycles. The van der Waals surface area contributed by atoms with Gasteiger partial charge < -0.3 is 46.1 Å². The first-order valence-electron chi connectivity index (χ1n) is 21.1. The van der Waals surface area contributed by atoms with Crippen molar-refractivity contribution in [2.24, 2.45) is 29.4 Å². The largest absolute Gasteiger partial charge is 0.508 e. The zero-order chi connectivity index (χ0) is 45.6. The van der Waals surface area contributed by atoms with Crippen molar-refractivity contribution in [3.63, 3.8) is 0 Å². The number of hydrogen-bond acceptors (Lipinski definition) is 11. The molecular formula is C44H70N6O10. The van der Waals surface area contributed by atoms with Gasteiger partial charge >= 0.3 is 11.9 Å². The Bertz CT molecular complexity index is 1680. The molecule has 1 aliphatic rings. The molecule has 6 N–H and O–H groups in total. The summed E-state index contributed by atoms with van der Waals surface area (Å²) in [4.78, 5) is 98.2. The molecular weight excluding hydrogens is 773 g/mol. The summed E-state index contributed by atoms with van der Waals surface area (Å²) < 4.78 is 11.7. The predicted molar refractivity (Wildman–Crippen MR) is 227 cm³/mol. The van der Waals surface area contributed by atoms with Crippen LogP contribution in [-0.4, -0.2) is 119 Å². The molecule has 16 heteroatoms. The summed E-state index contributed by atoms with van der Waals surface area (Å²) in [5, 5.41) is 17.9. The smallest absolute Gasteiger partial charge is 0.334 e. The Balaban J connectivity index is 2.62. The van der Waals surface area contributed by atoms with Gasteiger partial charge in [-0.2, -0.15) is 0 Å². The second-order valence-corrected chi connectivity index (χ2v) is 16.9. The maximum absolute atomic E-state index is 14.2. The summed E-state index contributed by atoms with van der Waals surface area (Å²) in [6.07, 6.45) is 1.24. The van der Waals surface area contributed by atoms with Gasteiger partial charge in [-0.05, 0) is 69.1 Å². The Kier molecular flexibility index (Phi) is 20.2. The number of rotatable bonds is 8. The first kappa shape index (κ1) is 51.2. The average Bonchev–Trinajstić information content (AvgIpc) is 3.20. The Morgan fingerprint density at radius 2 is 1.40 bits per heavy atom. The van der Waals surface area contributed by atoms with Crippen LogP contribution in [0.1, 0.15) is 100 Å². The molecule has 0 spiro atoms. The highest BCUT2D eigenvalue weighted by Crippen LogP contribution is 2.25. The predicted octanol–water partition coefficient (Wildman–Crippen LogP) is 2.99. The number of likely N-dealkylation sites (N-methyl/N-ethyl adjacent to an activating group) is 2. The van der Waals surface area contributed by atoms with Gasteiger partial charge in [0.1, 0.15) is 36.0 Å². The summed E-state index contributed by atoms with van der Waals surface area (Å²) in [6.45, 7) is 17.1. The highest BCUT2D eigenvalue weighted by molar-refractivity contribution is 5.96. The van der Waals surface area contributed by atoms with E-state index in [2.05, 4.69) is 16.0 Å². The van der Waals surface area contributed by atoms with E-state index in [4.69, 9.17) is 15.2 Å². The van der Waals surface area contributed by atoms with Crippen LogP contribution >= 0.6 is 0 Å². The van der Waals surface area contributed by atoms with Crippen LogP contribution in [-0.2, 0) is 49.5 Å². The summed E-state index contributed by atoms with van der Waals surface area (Å²) in [6, 6.07) is 1.01. The lowest BCUT2D eigenvalue weighted by molar-refractivity contribution is -0.158. The van der Waals surface area contributed by atoms with E-state index in [1.165, 1.54) is 45.0 Å². The topological polar surface area (TPSA) is 227 Å². The molecule has 2 unspecified atom stereocenters. The van der Waals surface area contributed by atoms with Crippen LogP contribution in [0.5, 0.6) is 5.75 Å². The van der Waals surface area contributed by atoms with E-state index in [-0.39, 0.29) is 54.3 Å². The number of ether oxygens (including phenoxy) is 2. The van der Waals surface area contributed by atoms with E-state index in [1.54, 1.807) is 32.1 Å². The molecule has 1 heterocycles. The van der Waals surface area contributed by atoms with Crippen LogP contribution in [0.2, 0.25) is 0 Å². The van der Waals surface area contributed by atoms with E-state index < -0.39 is 90.4 Å². The van der Waals surface area contributed by atoms with E-state index >= 15 is 0 Å².